The largest absolute Gasteiger partial charge is 0.493 e. The molecule has 7 heteroatoms. The van der Waals surface area contributed by atoms with Gasteiger partial charge in [0.15, 0.2) is 5.60 Å². The van der Waals surface area contributed by atoms with Crippen molar-refractivity contribution < 1.29 is 18.7 Å². The number of benzene rings is 1. The van der Waals surface area contributed by atoms with Crippen LogP contribution in [-0.4, -0.2) is 29.8 Å². The summed E-state index contributed by atoms with van der Waals surface area (Å²) in [7, 11) is 1.47. The molecule has 1 aromatic heterocycles. The van der Waals surface area contributed by atoms with Crippen molar-refractivity contribution in [2.24, 2.45) is 5.73 Å². The Morgan fingerprint density at radius 2 is 2.27 bits per heavy atom. The van der Waals surface area contributed by atoms with E-state index in [-0.39, 0.29) is 12.3 Å². The summed E-state index contributed by atoms with van der Waals surface area (Å²) in [6, 6.07) is 5.72. The second kappa shape index (κ2) is 5.42. The van der Waals surface area contributed by atoms with Crippen LogP contribution in [0.1, 0.15) is 24.8 Å². The SMILES string of the molecule is COC(C)(CC(N)=O)c1nnc(-c2ccc3c(c2)CCO3)o1. The number of ether oxygens (including phenoxy) is 2. The first kappa shape index (κ1) is 14.5. The summed E-state index contributed by atoms with van der Waals surface area (Å²) < 4.78 is 16.5. The average Bonchev–Trinajstić information content (AvgIpc) is 3.14. The molecule has 1 atom stereocenters. The highest BCUT2D eigenvalue weighted by Crippen LogP contribution is 2.32. The molecule has 22 heavy (non-hydrogen) atoms. The van der Waals surface area contributed by atoms with E-state index >= 15 is 0 Å². The topological polar surface area (TPSA) is 100 Å². The first-order valence-corrected chi connectivity index (χ1v) is 6.95. The van der Waals surface area contributed by atoms with Crippen LogP contribution >= 0.6 is 0 Å². The Bertz CT molecular complexity index is 713. The van der Waals surface area contributed by atoms with Crippen LogP contribution in [0.4, 0.5) is 0 Å². The third-order valence-corrected chi connectivity index (χ3v) is 3.78. The number of methoxy groups -OCH3 is 1. The minimum Gasteiger partial charge on any atom is -0.493 e. The number of aromatic nitrogens is 2. The van der Waals surface area contributed by atoms with Gasteiger partial charge in [-0.2, -0.15) is 0 Å². The summed E-state index contributed by atoms with van der Waals surface area (Å²) in [5, 5.41) is 8.05. The fourth-order valence-corrected chi connectivity index (χ4v) is 2.44. The number of carbonyl (C=O) groups excluding carboxylic acids is 1. The van der Waals surface area contributed by atoms with Gasteiger partial charge < -0.3 is 19.6 Å². The zero-order valence-electron chi connectivity index (χ0n) is 12.5. The molecule has 0 saturated carbocycles. The smallest absolute Gasteiger partial charge is 0.248 e. The van der Waals surface area contributed by atoms with E-state index < -0.39 is 11.5 Å². The van der Waals surface area contributed by atoms with Gasteiger partial charge in [-0.3, -0.25) is 4.79 Å². The number of fused-ring (bicyclic) bond motifs is 1. The highest BCUT2D eigenvalue weighted by molar-refractivity contribution is 5.75. The summed E-state index contributed by atoms with van der Waals surface area (Å²) in [5.41, 5.74) is 6.14. The van der Waals surface area contributed by atoms with Crippen molar-refractivity contribution in [1.29, 1.82) is 0 Å². The zero-order valence-corrected chi connectivity index (χ0v) is 12.5. The first-order chi connectivity index (χ1) is 10.5. The normalized spacial score (nSPS) is 15.9. The highest BCUT2D eigenvalue weighted by atomic mass is 16.5. The minimum atomic E-state index is -1.03. The average molecular weight is 303 g/mol. The molecule has 1 aliphatic heterocycles. The zero-order chi connectivity index (χ0) is 15.7. The number of amides is 1. The van der Waals surface area contributed by atoms with Crippen LogP contribution in [0, 0.1) is 0 Å². The number of hydrogen-bond donors (Lipinski definition) is 1. The van der Waals surface area contributed by atoms with E-state index in [4.69, 9.17) is 19.6 Å². The molecule has 0 spiro atoms. The Labute approximate surface area is 127 Å². The fourth-order valence-electron chi connectivity index (χ4n) is 2.44. The number of hydrogen-bond acceptors (Lipinski definition) is 6. The summed E-state index contributed by atoms with van der Waals surface area (Å²) in [6.07, 6.45) is 0.824. The summed E-state index contributed by atoms with van der Waals surface area (Å²) in [5.74, 6) is 0.982. The van der Waals surface area contributed by atoms with E-state index in [0.29, 0.717) is 12.5 Å². The molecule has 116 valence electrons. The Kier molecular flexibility index (Phi) is 3.58. The predicted octanol–water partition coefficient (Wildman–Crippen LogP) is 1.41. The molecule has 2 aromatic rings. The number of nitrogens with zero attached hydrogens (tertiary/aromatic N) is 2. The van der Waals surface area contributed by atoms with Crippen molar-refractivity contribution >= 4 is 5.91 Å². The van der Waals surface area contributed by atoms with Crippen molar-refractivity contribution in [2.45, 2.75) is 25.4 Å². The molecule has 1 amide bonds. The maximum atomic E-state index is 11.2. The van der Waals surface area contributed by atoms with E-state index in [1.165, 1.54) is 7.11 Å². The highest BCUT2D eigenvalue weighted by Gasteiger charge is 2.35. The van der Waals surface area contributed by atoms with E-state index in [1.807, 2.05) is 18.2 Å². The molecular weight excluding hydrogens is 286 g/mol. The molecule has 0 bridgehead atoms. The van der Waals surface area contributed by atoms with Gasteiger partial charge in [0.25, 0.3) is 0 Å². The molecule has 2 heterocycles. The molecule has 0 saturated heterocycles. The van der Waals surface area contributed by atoms with Crippen LogP contribution in [0.15, 0.2) is 22.6 Å². The maximum Gasteiger partial charge on any atom is 0.248 e. The predicted molar refractivity (Wildman–Crippen MR) is 77.1 cm³/mol. The number of carbonyl (C=O) groups is 1. The molecule has 1 aromatic carbocycles. The number of nitrogens with two attached hydrogens (primary N) is 1. The van der Waals surface area contributed by atoms with Crippen molar-refractivity contribution in [3.05, 3.63) is 29.7 Å². The van der Waals surface area contributed by atoms with Gasteiger partial charge in [0.05, 0.1) is 13.0 Å². The monoisotopic (exact) mass is 303 g/mol. The van der Waals surface area contributed by atoms with E-state index in [2.05, 4.69) is 10.2 Å². The van der Waals surface area contributed by atoms with Crippen LogP contribution in [0.25, 0.3) is 11.5 Å². The lowest BCUT2D eigenvalue weighted by Crippen LogP contribution is -2.31. The van der Waals surface area contributed by atoms with E-state index in [1.54, 1.807) is 6.92 Å². The van der Waals surface area contributed by atoms with Crippen LogP contribution in [0.2, 0.25) is 0 Å². The van der Waals surface area contributed by atoms with Gasteiger partial charge in [0.2, 0.25) is 17.7 Å². The van der Waals surface area contributed by atoms with Crippen molar-refractivity contribution in [2.75, 3.05) is 13.7 Å². The maximum absolute atomic E-state index is 11.2. The lowest BCUT2D eigenvalue weighted by atomic mass is 10.0. The van der Waals surface area contributed by atoms with Crippen molar-refractivity contribution in [3.63, 3.8) is 0 Å². The second-order valence-electron chi connectivity index (χ2n) is 5.41. The molecule has 7 nitrogen and oxygen atoms in total. The Hall–Kier alpha value is -2.41. The summed E-state index contributed by atoms with van der Waals surface area (Å²) in [4.78, 5) is 11.2. The summed E-state index contributed by atoms with van der Waals surface area (Å²) in [6.45, 7) is 2.37. The quantitative estimate of drug-likeness (QED) is 0.896. The van der Waals surface area contributed by atoms with Gasteiger partial charge in [-0.15, -0.1) is 10.2 Å². The third-order valence-electron chi connectivity index (χ3n) is 3.78. The minimum absolute atomic E-state index is 0.0385. The number of rotatable bonds is 5. The standard InChI is InChI=1S/C15H17N3O4/c1-15(20-2,8-12(16)19)14-18-17-13(22-14)10-3-4-11-9(7-10)5-6-21-11/h3-4,7H,5-6,8H2,1-2H3,(H2,16,19). The van der Waals surface area contributed by atoms with Crippen LogP contribution in [-0.2, 0) is 21.6 Å². The molecule has 0 fully saturated rings. The third kappa shape index (κ3) is 2.55. The van der Waals surface area contributed by atoms with Gasteiger partial charge >= 0.3 is 0 Å². The van der Waals surface area contributed by atoms with Gasteiger partial charge in [-0.1, -0.05) is 0 Å². The summed E-state index contributed by atoms with van der Waals surface area (Å²) >= 11 is 0. The Morgan fingerprint density at radius 1 is 1.45 bits per heavy atom. The van der Waals surface area contributed by atoms with Gasteiger partial charge in [0, 0.05) is 19.1 Å². The Balaban J connectivity index is 1.91. The molecule has 1 unspecified atom stereocenters. The van der Waals surface area contributed by atoms with Crippen LogP contribution < -0.4 is 10.5 Å². The molecular formula is C15H17N3O4. The molecule has 0 radical (unpaired) electrons. The molecule has 1 aliphatic rings. The van der Waals surface area contributed by atoms with Crippen LogP contribution in [0.3, 0.4) is 0 Å². The van der Waals surface area contributed by atoms with Gasteiger partial charge in [-0.25, -0.2) is 0 Å². The van der Waals surface area contributed by atoms with Crippen molar-refractivity contribution in [3.8, 4) is 17.2 Å². The second-order valence-corrected chi connectivity index (χ2v) is 5.41. The first-order valence-electron chi connectivity index (χ1n) is 6.95. The Morgan fingerprint density at radius 3 is 3.00 bits per heavy atom. The van der Waals surface area contributed by atoms with Gasteiger partial charge in [-0.05, 0) is 30.7 Å². The lowest BCUT2D eigenvalue weighted by Gasteiger charge is -2.21. The number of primary amides is 1. The van der Waals surface area contributed by atoms with Crippen molar-refractivity contribution in [1.82, 2.24) is 10.2 Å². The van der Waals surface area contributed by atoms with E-state index in [9.17, 15) is 4.79 Å². The lowest BCUT2D eigenvalue weighted by molar-refractivity contribution is -0.125. The fraction of sp³-hybridized carbons (Fsp3) is 0.400. The van der Waals surface area contributed by atoms with Gasteiger partial charge in [0.1, 0.15) is 5.75 Å². The van der Waals surface area contributed by atoms with Crippen LogP contribution in [0.5, 0.6) is 5.75 Å². The molecule has 3 rings (SSSR count). The molecule has 0 aliphatic carbocycles. The molecule has 2 N–H and O–H groups in total. The van der Waals surface area contributed by atoms with E-state index in [0.717, 1.165) is 23.3 Å².